The Morgan fingerprint density at radius 3 is 3.00 bits per heavy atom. The van der Waals surface area contributed by atoms with Crippen molar-refractivity contribution in [3.63, 3.8) is 0 Å². The van der Waals surface area contributed by atoms with Crippen LogP contribution in [-0.4, -0.2) is 23.8 Å². The monoisotopic (exact) mass is 314 g/mol. The highest BCUT2D eigenvalue weighted by molar-refractivity contribution is 5.98. The quantitative estimate of drug-likeness (QED) is 0.855. The van der Waals surface area contributed by atoms with Crippen molar-refractivity contribution in [1.82, 2.24) is 10.5 Å². The predicted octanol–water partition coefficient (Wildman–Crippen LogP) is 3.23. The van der Waals surface area contributed by atoms with Crippen LogP contribution in [0.1, 0.15) is 53.7 Å². The summed E-state index contributed by atoms with van der Waals surface area (Å²) in [5, 5.41) is 1.17. The third-order valence-electron chi connectivity index (χ3n) is 4.78. The molecule has 2 aromatic rings. The Kier molecular flexibility index (Phi) is 4.06. The van der Waals surface area contributed by atoms with Gasteiger partial charge in [0.15, 0.2) is 6.29 Å². The maximum Gasteiger partial charge on any atom is 0.274 e. The number of aromatic nitrogens is 1. The van der Waals surface area contributed by atoms with Gasteiger partial charge in [0, 0.05) is 35.2 Å². The zero-order chi connectivity index (χ0) is 15.6. The molecule has 1 aliphatic heterocycles. The van der Waals surface area contributed by atoms with E-state index < -0.39 is 0 Å². The van der Waals surface area contributed by atoms with Gasteiger partial charge in [-0.2, -0.15) is 0 Å². The lowest BCUT2D eigenvalue weighted by atomic mass is 9.95. The zero-order valence-corrected chi connectivity index (χ0v) is 13.2. The average Bonchev–Trinajstić information content (AvgIpc) is 2.98. The number of hydrogen-bond donors (Lipinski definition) is 2. The highest BCUT2D eigenvalue weighted by Gasteiger charge is 2.18. The lowest BCUT2D eigenvalue weighted by Gasteiger charge is -2.22. The average molecular weight is 314 g/mol. The SMILES string of the molecule is O=C(NO[C@H]1CCCCO1)c1ccc2[nH]c3c(c2c1)CCCC3. The summed E-state index contributed by atoms with van der Waals surface area (Å²) >= 11 is 0. The normalized spacial score (nSPS) is 21.1. The van der Waals surface area contributed by atoms with E-state index in [4.69, 9.17) is 9.57 Å². The summed E-state index contributed by atoms with van der Waals surface area (Å²) in [7, 11) is 0. The number of rotatable bonds is 3. The number of nitrogens with one attached hydrogen (secondary N) is 2. The third-order valence-corrected chi connectivity index (χ3v) is 4.78. The smallest absolute Gasteiger partial charge is 0.274 e. The Morgan fingerprint density at radius 1 is 1.22 bits per heavy atom. The molecule has 23 heavy (non-hydrogen) atoms. The van der Waals surface area contributed by atoms with Gasteiger partial charge in [0.05, 0.1) is 0 Å². The fraction of sp³-hybridized carbons (Fsp3) is 0.500. The minimum atomic E-state index is -0.323. The molecule has 1 aliphatic carbocycles. The van der Waals surface area contributed by atoms with Crippen LogP contribution in [0, 0.1) is 0 Å². The molecule has 1 fully saturated rings. The second kappa shape index (κ2) is 6.34. The molecule has 0 radical (unpaired) electrons. The summed E-state index contributed by atoms with van der Waals surface area (Å²) in [6.07, 6.45) is 7.29. The van der Waals surface area contributed by atoms with Gasteiger partial charge in [0.2, 0.25) is 0 Å². The van der Waals surface area contributed by atoms with Crippen LogP contribution in [0.5, 0.6) is 0 Å². The Labute approximate surface area is 135 Å². The highest BCUT2D eigenvalue weighted by atomic mass is 16.8. The fourth-order valence-electron chi connectivity index (χ4n) is 3.53. The number of aromatic amines is 1. The number of aryl methyl sites for hydroxylation is 2. The summed E-state index contributed by atoms with van der Waals surface area (Å²) < 4.78 is 5.45. The molecule has 1 aromatic carbocycles. The first kappa shape index (κ1) is 14.7. The number of H-pyrrole nitrogens is 1. The van der Waals surface area contributed by atoms with Gasteiger partial charge in [-0.15, -0.1) is 0 Å². The minimum absolute atomic E-state index is 0.216. The van der Waals surface area contributed by atoms with Gasteiger partial charge < -0.3 is 9.72 Å². The molecule has 2 N–H and O–H groups in total. The van der Waals surface area contributed by atoms with Crippen molar-refractivity contribution >= 4 is 16.8 Å². The van der Waals surface area contributed by atoms with Crippen molar-refractivity contribution in [3.8, 4) is 0 Å². The largest absolute Gasteiger partial charge is 0.358 e. The summed E-state index contributed by atoms with van der Waals surface area (Å²) in [5.41, 5.74) is 6.97. The number of amides is 1. The molecule has 122 valence electrons. The Bertz CT molecular complexity index is 716. The molecule has 1 aromatic heterocycles. The van der Waals surface area contributed by atoms with E-state index in [-0.39, 0.29) is 12.2 Å². The third kappa shape index (κ3) is 2.99. The van der Waals surface area contributed by atoms with E-state index in [0.29, 0.717) is 12.2 Å². The molecule has 1 atom stereocenters. The van der Waals surface area contributed by atoms with Crippen LogP contribution in [0.2, 0.25) is 0 Å². The molecule has 5 nitrogen and oxygen atoms in total. The first-order valence-electron chi connectivity index (χ1n) is 8.52. The van der Waals surface area contributed by atoms with Gasteiger partial charge >= 0.3 is 0 Å². The second-order valence-corrected chi connectivity index (χ2v) is 6.39. The van der Waals surface area contributed by atoms with Crippen molar-refractivity contribution in [3.05, 3.63) is 35.0 Å². The fourth-order valence-corrected chi connectivity index (χ4v) is 3.53. The molecular weight excluding hydrogens is 292 g/mol. The molecule has 5 heteroatoms. The number of hydrogen-bond acceptors (Lipinski definition) is 3. The summed E-state index contributed by atoms with van der Waals surface area (Å²) in [6, 6.07) is 5.79. The standard InChI is InChI=1S/C18H22N2O3/c21-18(20-23-17-7-3-4-10-22-17)12-8-9-16-14(11-12)13-5-1-2-6-15(13)19-16/h8-9,11,17,19H,1-7,10H2,(H,20,21)/t17-/m0/s1. The molecule has 1 saturated heterocycles. The van der Waals surface area contributed by atoms with Gasteiger partial charge in [-0.1, -0.05) is 0 Å². The number of hydroxylamine groups is 1. The van der Waals surface area contributed by atoms with E-state index >= 15 is 0 Å². The van der Waals surface area contributed by atoms with Crippen LogP contribution >= 0.6 is 0 Å². The van der Waals surface area contributed by atoms with Gasteiger partial charge in [0.25, 0.3) is 5.91 Å². The molecule has 1 amide bonds. The van der Waals surface area contributed by atoms with Crippen LogP contribution in [-0.2, 0) is 22.4 Å². The number of carbonyl (C=O) groups is 1. The molecule has 2 aliphatic rings. The molecule has 0 bridgehead atoms. The number of ether oxygens (including phenoxy) is 1. The van der Waals surface area contributed by atoms with Gasteiger partial charge in [-0.05, 0) is 62.3 Å². The van der Waals surface area contributed by atoms with Gasteiger partial charge in [-0.3, -0.25) is 4.79 Å². The maximum absolute atomic E-state index is 12.3. The Morgan fingerprint density at radius 2 is 2.13 bits per heavy atom. The van der Waals surface area contributed by atoms with Crippen molar-refractivity contribution in [2.45, 2.75) is 51.2 Å². The zero-order valence-electron chi connectivity index (χ0n) is 13.2. The van der Waals surface area contributed by atoms with E-state index in [9.17, 15) is 4.79 Å². The number of benzene rings is 1. The first-order valence-corrected chi connectivity index (χ1v) is 8.52. The summed E-state index contributed by atoms with van der Waals surface area (Å²) in [4.78, 5) is 21.2. The topological polar surface area (TPSA) is 63.4 Å². The van der Waals surface area contributed by atoms with Crippen molar-refractivity contribution in [1.29, 1.82) is 0 Å². The van der Waals surface area contributed by atoms with Crippen molar-refractivity contribution in [2.24, 2.45) is 0 Å². The van der Waals surface area contributed by atoms with E-state index in [0.717, 1.165) is 37.6 Å². The highest BCUT2D eigenvalue weighted by Crippen LogP contribution is 2.29. The van der Waals surface area contributed by atoms with Crippen LogP contribution in [0.4, 0.5) is 0 Å². The molecule has 0 spiro atoms. The molecular formula is C18H22N2O3. The lowest BCUT2D eigenvalue weighted by molar-refractivity contribution is -0.186. The molecule has 0 saturated carbocycles. The van der Waals surface area contributed by atoms with Crippen molar-refractivity contribution in [2.75, 3.05) is 6.61 Å². The van der Waals surface area contributed by atoms with Crippen LogP contribution in [0.3, 0.4) is 0 Å². The molecule has 0 unspecified atom stereocenters. The summed E-state index contributed by atoms with van der Waals surface area (Å²) in [6.45, 7) is 0.696. The Hall–Kier alpha value is -1.85. The summed E-state index contributed by atoms with van der Waals surface area (Å²) in [5.74, 6) is -0.216. The van der Waals surface area contributed by atoms with Crippen molar-refractivity contribution < 1.29 is 14.4 Å². The van der Waals surface area contributed by atoms with Crippen LogP contribution < -0.4 is 5.48 Å². The van der Waals surface area contributed by atoms with Crippen LogP contribution in [0.25, 0.3) is 10.9 Å². The second-order valence-electron chi connectivity index (χ2n) is 6.39. The lowest BCUT2D eigenvalue weighted by Crippen LogP contribution is -2.33. The Balaban J connectivity index is 1.50. The van der Waals surface area contributed by atoms with Crippen LogP contribution in [0.15, 0.2) is 18.2 Å². The minimum Gasteiger partial charge on any atom is -0.358 e. The van der Waals surface area contributed by atoms with E-state index in [1.54, 1.807) is 0 Å². The van der Waals surface area contributed by atoms with Gasteiger partial charge in [0.1, 0.15) is 0 Å². The number of fused-ring (bicyclic) bond motifs is 3. The van der Waals surface area contributed by atoms with E-state index in [2.05, 4.69) is 10.5 Å². The first-order chi connectivity index (χ1) is 11.3. The predicted molar refractivity (Wildman–Crippen MR) is 87.1 cm³/mol. The molecule has 4 rings (SSSR count). The maximum atomic E-state index is 12.3. The van der Waals surface area contributed by atoms with E-state index in [1.807, 2.05) is 18.2 Å². The van der Waals surface area contributed by atoms with E-state index in [1.165, 1.54) is 29.5 Å². The number of carbonyl (C=O) groups excluding carboxylic acids is 1. The van der Waals surface area contributed by atoms with Gasteiger partial charge in [-0.25, -0.2) is 10.3 Å². The molecule has 2 heterocycles.